The van der Waals surface area contributed by atoms with E-state index < -0.39 is 5.97 Å². The van der Waals surface area contributed by atoms with Crippen LogP contribution in [0.3, 0.4) is 0 Å². The van der Waals surface area contributed by atoms with Crippen LogP contribution in [0.5, 0.6) is 0 Å². The predicted octanol–water partition coefficient (Wildman–Crippen LogP) is 4.96. The van der Waals surface area contributed by atoms with E-state index in [2.05, 4.69) is 0 Å². The first-order valence-electron chi connectivity index (χ1n) is 10.1. The number of benzene rings is 2. The molecule has 0 radical (unpaired) electrons. The number of carboxylic acids is 1. The summed E-state index contributed by atoms with van der Waals surface area (Å²) in [5.74, 6) is -0.711. The fraction of sp³-hybridized carbons (Fsp3) is 0.0833. The average molecular weight is 476 g/mol. The van der Waals surface area contributed by atoms with Crippen LogP contribution < -0.4 is 0 Å². The van der Waals surface area contributed by atoms with Crippen LogP contribution in [0, 0.1) is 0 Å². The number of para-hydroxylation sites is 2. The number of furan rings is 1. The Hall–Kier alpha value is -3.69. The maximum Gasteiger partial charge on any atom is 0.305 e. The van der Waals surface area contributed by atoms with Crippen molar-refractivity contribution in [2.75, 3.05) is 6.54 Å². The number of aromatic nitrogens is 2. The summed E-state index contributed by atoms with van der Waals surface area (Å²) in [6, 6.07) is 19.3. The SMILES string of the molecule is O=C(O)CCN1C(=O)C(=Cc2cn(-c3ccccc3)nc2-c2cc3ccccc3o2)SC1=S. The van der Waals surface area contributed by atoms with Crippen LogP contribution in [0.25, 0.3) is 34.2 Å². The van der Waals surface area contributed by atoms with Gasteiger partial charge in [-0.15, -0.1) is 0 Å². The number of amides is 1. The van der Waals surface area contributed by atoms with E-state index in [1.54, 1.807) is 10.8 Å². The first kappa shape index (κ1) is 21.2. The van der Waals surface area contributed by atoms with E-state index in [0.717, 1.165) is 28.4 Å². The topological polar surface area (TPSA) is 88.6 Å². The monoisotopic (exact) mass is 475 g/mol. The maximum absolute atomic E-state index is 12.9. The minimum absolute atomic E-state index is 0.0387. The highest BCUT2D eigenvalue weighted by atomic mass is 32.2. The molecule has 1 amide bonds. The summed E-state index contributed by atoms with van der Waals surface area (Å²) in [6.45, 7) is 0.0387. The van der Waals surface area contributed by atoms with Crippen molar-refractivity contribution < 1.29 is 19.1 Å². The summed E-state index contributed by atoms with van der Waals surface area (Å²) in [4.78, 5) is 25.6. The van der Waals surface area contributed by atoms with Gasteiger partial charge in [0.2, 0.25) is 0 Å². The van der Waals surface area contributed by atoms with Crippen molar-refractivity contribution in [2.24, 2.45) is 0 Å². The third-order valence-electron chi connectivity index (χ3n) is 5.13. The lowest BCUT2D eigenvalue weighted by Gasteiger charge is -2.12. The van der Waals surface area contributed by atoms with Crippen LogP contribution >= 0.6 is 24.0 Å². The van der Waals surface area contributed by atoms with Crippen LogP contribution in [-0.4, -0.2) is 42.5 Å². The van der Waals surface area contributed by atoms with E-state index in [0.29, 0.717) is 26.2 Å². The zero-order chi connectivity index (χ0) is 22.9. The van der Waals surface area contributed by atoms with Crippen LogP contribution in [0.15, 0.2) is 76.2 Å². The number of hydrogen-bond donors (Lipinski definition) is 1. The molecule has 4 aromatic rings. The first-order chi connectivity index (χ1) is 16.0. The summed E-state index contributed by atoms with van der Waals surface area (Å²) in [6.07, 6.45) is 3.40. The standard InChI is InChI=1S/C24H17N3O4S2/c28-21(29)10-11-26-23(30)20(33-24(26)32)13-16-14-27(17-7-2-1-3-8-17)25-22(16)19-12-15-6-4-5-9-18(15)31-19/h1-9,12-14H,10-11H2,(H,28,29). The fourth-order valence-corrected chi connectivity index (χ4v) is 4.84. The molecule has 0 bridgehead atoms. The molecule has 2 aromatic carbocycles. The van der Waals surface area contributed by atoms with E-state index in [1.165, 1.54) is 4.90 Å². The molecule has 7 nitrogen and oxygen atoms in total. The Morgan fingerprint density at radius 3 is 2.67 bits per heavy atom. The van der Waals surface area contributed by atoms with Gasteiger partial charge in [0.15, 0.2) is 5.76 Å². The summed E-state index contributed by atoms with van der Waals surface area (Å²) in [5.41, 5.74) is 2.89. The molecule has 33 heavy (non-hydrogen) atoms. The molecule has 164 valence electrons. The number of thioether (sulfide) groups is 1. The largest absolute Gasteiger partial charge is 0.481 e. The zero-order valence-electron chi connectivity index (χ0n) is 17.2. The molecule has 1 N–H and O–H groups in total. The van der Waals surface area contributed by atoms with Crippen molar-refractivity contribution in [3.05, 3.63) is 77.3 Å². The number of aliphatic carboxylic acids is 1. The molecule has 0 atom stereocenters. The molecule has 1 aliphatic heterocycles. The van der Waals surface area contributed by atoms with Crippen molar-refractivity contribution in [1.82, 2.24) is 14.7 Å². The summed E-state index contributed by atoms with van der Waals surface area (Å²) in [7, 11) is 0. The number of rotatable bonds is 6. The molecule has 3 heterocycles. The van der Waals surface area contributed by atoms with Crippen LogP contribution in [0.2, 0.25) is 0 Å². The Morgan fingerprint density at radius 1 is 1.15 bits per heavy atom. The number of carbonyl (C=O) groups excluding carboxylic acids is 1. The second kappa shape index (κ2) is 8.68. The van der Waals surface area contributed by atoms with Crippen molar-refractivity contribution in [1.29, 1.82) is 0 Å². The number of thiocarbonyl (C=S) groups is 1. The molecular formula is C24H17N3O4S2. The number of fused-ring (bicyclic) bond motifs is 1. The van der Waals surface area contributed by atoms with Crippen LogP contribution in [0.1, 0.15) is 12.0 Å². The Morgan fingerprint density at radius 2 is 1.91 bits per heavy atom. The van der Waals surface area contributed by atoms with Gasteiger partial charge in [-0.2, -0.15) is 5.10 Å². The van der Waals surface area contributed by atoms with E-state index in [4.69, 9.17) is 26.8 Å². The molecular weight excluding hydrogens is 458 g/mol. The molecule has 0 aliphatic carbocycles. The van der Waals surface area contributed by atoms with Gasteiger partial charge in [-0.1, -0.05) is 60.4 Å². The summed E-state index contributed by atoms with van der Waals surface area (Å²) in [5, 5.41) is 14.7. The van der Waals surface area contributed by atoms with Gasteiger partial charge in [0.05, 0.1) is 17.0 Å². The number of carboxylic acid groups (broad SMARTS) is 1. The molecule has 0 spiro atoms. The Bertz CT molecular complexity index is 1390. The normalized spacial score (nSPS) is 15.2. The van der Waals surface area contributed by atoms with Gasteiger partial charge in [-0.3, -0.25) is 14.5 Å². The highest BCUT2D eigenvalue weighted by Crippen LogP contribution is 2.36. The Balaban J connectivity index is 1.57. The van der Waals surface area contributed by atoms with Crippen LogP contribution in [0.4, 0.5) is 0 Å². The van der Waals surface area contributed by atoms with E-state index in [9.17, 15) is 9.59 Å². The molecule has 5 rings (SSSR count). The fourth-order valence-electron chi connectivity index (χ4n) is 3.54. The lowest BCUT2D eigenvalue weighted by Crippen LogP contribution is -2.30. The third kappa shape index (κ3) is 4.20. The number of hydrogen-bond acceptors (Lipinski definition) is 6. The van der Waals surface area contributed by atoms with Crippen molar-refractivity contribution in [2.45, 2.75) is 6.42 Å². The Kier molecular flexibility index (Phi) is 5.57. The van der Waals surface area contributed by atoms with Crippen LogP contribution in [-0.2, 0) is 9.59 Å². The summed E-state index contributed by atoms with van der Waals surface area (Å²) < 4.78 is 8.12. The van der Waals surface area contributed by atoms with Gasteiger partial charge in [0.1, 0.15) is 15.6 Å². The number of carbonyl (C=O) groups is 2. The molecule has 9 heteroatoms. The molecule has 1 aliphatic rings. The predicted molar refractivity (Wildman–Crippen MR) is 131 cm³/mol. The minimum Gasteiger partial charge on any atom is -0.481 e. The molecule has 1 fully saturated rings. The maximum atomic E-state index is 12.9. The molecule has 1 saturated heterocycles. The van der Waals surface area contributed by atoms with Crippen molar-refractivity contribution in [3.63, 3.8) is 0 Å². The zero-order valence-corrected chi connectivity index (χ0v) is 18.8. The van der Waals surface area contributed by atoms with E-state index in [-0.39, 0.29) is 18.9 Å². The van der Waals surface area contributed by atoms with Gasteiger partial charge in [0.25, 0.3) is 5.91 Å². The average Bonchev–Trinajstić information content (AvgIpc) is 3.49. The molecule has 0 saturated carbocycles. The molecule has 2 aromatic heterocycles. The highest BCUT2D eigenvalue weighted by Gasteiger charge is 2.32. The number of nitrogens with zero attached hydrogens (tertiary/aromatic N) is 3. The second-order valence-corrected chi connectivity index (χ2v) is 9.01. The van der Waals surface area contributed by atoms with Gasteiger partial charge >= 0.3 is 5.97 Å². The van der Waals surface area contributed by atoms with Gasteiger partial charge in [0, 0.05) is 23.7 Å². The minimum atomic E-state index is -0.982. The smallest absolute Gasteiger partial charge is 0.305 e. The van der Waals surface area contributed by atoms with Gasteiger partial charge < -0.3 is 9.52 Å². The quantitative estimate of drug-likeness (QED) is 0.311. The van der Waals surface area contributed by atoms with Gasteiger partial charge in [-0.05, 0) is 30.3 Å². The van der Waals surface area contributed by atoms with Crippen molar-refractivity contribution in [3.8, 4) is 17.1 Å². The highest BCUT2D eigenvalue weighted by molar-refractivity contribution is 8.26. The third-order valence-corrected chi connectivity index (χ3v) is 6.51. The van der Waals surface area contributed by atoms with Crippen molar-refractivity contribution >= 4 is 57.2 Å². The lowest BCUT2D eigenvalue weighted by atomic mass is 10.1. The second-order valence-electron chi connectivity index (χ2n) is 7.34. The van der Waals surface area contributed by atoms with E-state index in [1.807, 2.05) is 66.9 Å². The Labute approximate surface area is 198 Å². The molecule has 0 unspecified atom stereocenters. The summed E-state index contributed by atoms with van der Waals surface area (Å²) >= 11 is 6.46. The first-order valence-corrected chi connectivity index (χ1v) is 11.3. The lowest BCUT2D eigenvalue weighted by molar-refractivity contribution is -0.137. The van der Waals surface area contributed by atoms with E-state index >= 15 is 0 Å². The van der Waals surface area contributed by atoms with Gasteiger partial charge in [-0.25, -0.2) is 4.68 Å².